The van der Waals surface area contributed by atoms with E-state index in [0.29, 0.717) is 5.15 Å². The molecule has 0 radical (unpaired) electrons. The fraction of sp³-hybridized carbons (Fsp3) is 0.583. The van der Waals surface area contributed by atoms with Gasteiger partial charge < -0.3 is 10.4 Å². The Morgan fingerprint density at radius 3 is 2.81 bits per heavy atom. The van der Waals surface area contributed by atoms with Gasteiger partial charge in [-0.3, -0.25) is 0 Å². The van der Waals surface area contributed by atoms with Crippen molar-refractivity contribution in [2.75, 3.05) is 18.5 Å². The van der Waals surface area contributed by atoms with E-state index < -0.39 is 0 Å². The maximum absolute atomic E-state index is 8.80. The molecule has 90 valence electrons. The minimum absolute atomic E-state index is 0.146. The Kier molecular flexibility index (Phi) is 5.03. The molecule has 0 aromatic carbocycles. The van der Waals surface area contributed by atoms with Gasteiger partial charge in [0.15, 0.2) is 0 Å². The molecule has 1 rings (SSSR count). The summed E-state index contributed by atoms with van der Waals surface area (Å²) in [6.45, 7) is 5.40. The van der Waals surface area contributed by atoms with Gasteiger partial charge in [-0.25, -0.2) is 4.98 Å². The zero-order valence-electron chi connectivity index (χ0n) is 9.83. The highest BCUT2D eigenvalue weighted by molar-refractivity contribution is 6.29. The zero-order valence-corrected chi connectivity index (χ0v) is 10.6. The number of nitrogens with one attached hydrogen (secondary N) is 1. The van der Waals surface area contributed by atoms with E-state index in [2.05, 4.69) is 24.1 Å². The van der Waals surface area contributed by atoms with Crippen molar-refractivity contribution in [3.8, 4) is 0 Å². The first-order valence-electron chi connectivity index (χ1n) is 5.51. The molecule has 0 aliphatic rings. The zero-order chi connectivity index (χ0) is 12.0. The van der Waals surface area contributed by atoms with Gasteiger partial charge in [-0.15, -0.1) is 0 Å². The van der Waals surface area contributed by atoms with Crippen LogP contribution in [0.25, 0.3) is 0 Å². The quantitative estimate of drug-likeness (QED) is 0.754. The number of nitrogens with zero attached hydrogens (tertiary/aromatic N) is 1. The first kappa shape index (κ1) is 13.3. The summed E-state index contributed by atoms with van der Waals surface area (Å²) < 4.78 is 0. The third-order valence-corrected chi connectivity index (χ3v) is 2.69. The van der Waals surface area contributed by atoms with Crippen molar-refractivity contribution in [3.05, 3.63) is 23.4 Å². The van der Waals surface area contributed by atoms with E-state index in [9.17, 15) is 0 Å². The maximum Gasteiger partial charge on any atom is 0.131 e. The lowest BCUT2D eigenvalue weighted by Gasteiger charge is -2.24. The number of halogens is 1. The second kappa shape index (κ2) is 6.06. The van der Waals surface area contributed by atoms with Gasteiger partial charge >= 0.3 is 0 Å². The highest BCUT2D eigenvalue weighted by Gasteiger charge is 2.16. The first-order valence-corrected chi connectivity index (χ1v) is 5.89. The number of hydrogen-bond acceptors (Lipinski definition) is 3. The average Bonchev–Trinajstić information content (AvgIpc) is 2.24. The van der Waals surface area contributed by atoms with Gasteiger partial charge in [-0.1, -0.05) is 31.5 Å². The predicted molar refractivity (Wildman–Crippen MR) is 67.8 cm³/mol. The molecule has 0 bridgehead atoms. The van der Waals surface area contributed by atoms with Crippen molar-refractivity contribution in [1.29, 1.82) is 0 Å². The average molecular weight is 243 g/mol. The number of pyridine rings is 1. The van der Waals surface area contributed by atoms with Crippen LogP contribution >= 0.6 is 11.6 Å². The fourth-order valence-electron chi connectivity index (χ4n) is 1.48. The van der Waals surface area contributed by atoms with Gasteiger partial charge in [0.1, 0.15) is 11.0 Å². The van der Waals surface area contributed by atoms with Crippen LogP contribution in [0.4, 0.5) is 5.82 Å². The highest BCUT2D eigenvalue weighted by atomic mass is 35.5. The molecule has 2 N–H and O–H groups in total. The van der Waals surface area contributed by atoms with Crippen LogP contribution in [0.3, 0.4) is 0 Å². The van der Waals surface area contributed by atoms with Crippen LogP contribution < -0.4 is 5.32 Å². The Bertz CT molecular complexity index is 329. The molecule has 0 aliphatic heterocycles. The van der Waals surface area contributed by atoms with Crippen molar-refractivity contribution in [2.45, 2.75) is 26.7 Å². The van der Waals surface area contributed by atoms with Gasteiger partial charge in [0.2, 0.25) is 0 Å². The molecule has 0 unspecified atom stereocenters. The molecular weight excluding hydrogens is 224 g/mol. The van der Waals surface area contributed by atoms with Crippen LogP contribution in [0.2, 0.25) is 5.15 Å². The summed E-state index contributed by atoms with van der Waals surface area (Å²) in [6.07, 6.45) is 1.81. The van der Waals surface area contributed by atoms with Crippen LogP contribution in [0.1, 0.15) is 26.7 Å². The molecule has 1 heterocycles. The van der Waals surface area contributed by atoms with E-state index in [1.807, 2.05) is 12.1 Å². The summed E-state index contributed by atoms with van der Waals surface area (Å²) in [7, 11) is 0. The van der Waals surface area contributed by atoms with E-state index in [-0.39, 0.29) is 12.0 Å². The fourth-order valence-corrected chi connectivity index (χ4v) is 1.65. The number of rotatable bonds is 6. The molecule has 0 saturated carbocycles. The van der Waals surface area contributed by atoms with E-state index in [1.54, 1.807) is 6.07 Å². The lowest BCUT2D eigenvalue weighted by atomic mass is 9.88. The first-order chi connectivity index (χ1) is 7.53. The van der Waals surface area contributed by atoms with Crippen LogP contribution in [-0.4, -0.2) is 23.2 Å². The summed E-state index contributed by atoms with van der Waals surface area (Å²) in [5, 5.41) is 12.6. The smallest absolute Gasteiger partial charge is 0.131 e. The molecule has 0 atom stereocenters. The Morgan fingerprint density at radius 2 is 2.19 bits per heavy atom. The normalized spacial score (nSPS) is 11.5. The molecule has 4 heteroatoms. The molecule has 0 fully saturated rings. The standard InChI is InChI=1S/C12H19ClN2O/c1-12(2,7-4-8-16)9-14-11-6-3-5-10(13)15-11/h3,5-6,16H,4,7-9H2,1-2H3,(H,14,15). The number of aliphatic hydroxyl groups is 1. The number of hydrogen-bond donors (Lipinski definition) is 2. The topological polar surface area (TPSA) is 45.1 Å². The maximum atomic E-state index is 8.80. The number of aliphatic hydroxyl groups excluding tert-OH is 1. The Labute approximate surface area is 102 Å². The molecule has 1 aromatic rings. The van der Waals surface area contributed by atoms with Crippen LogP contribution in [-0.2, 0) is 0 Å². The molecule has 0 saturated heterocycles. The molecule has 3 nitrogen and oxygen atoms in total. The lowest BCUT2D eigenvalue weighted by molar-refractivity contribution is 0.248. The van der Waals surface area contributed by atoms with Crippen molar-refractivity contribution < 1.29 is 5.11 Å². The van der Waals surface area contributed by atoms with Crippen LogP contribution in [0.15, 0.2) is 18.2 Å². The molecule has 0 amide bonds. The van der Waals surface area contributed by atoms with E-state index in [4.69, 9.17) is 16.7 Å². The van der Waals surface area contributed by atoms with Gasteiger partial charge in [0, 0.05) is 13.2 Å². The second-order valence-electron chi connectivity index (χ2n) is 4.69. The molecule has 16 heavy (non-hydrogen) atoms. The second-order valence-corrected chi connectivity index (χ2v) is 5.08. The highest BCUT2D eigenvalue weighted by Crippen LogP contribution is 2.22. The van der Waals surface area contributed by atoms with Gasteiger partial charge in [0.05, 0.1) is 0 Å². The SMILES string of the molecule is CC(C)(CCCO)CNc1cccc(Cl)n1. The predicted octanol–water partition coefficient (Wildman–Crippen LogP) is 2.95. The Morgan fingerprint density at radius 1 is 1.44 bits per heavy atom. The lowest BCUT2D eigenvalue weighted by Crippen LogP contribution is -2.23. The van der Waals surface area contributed by atoms with Crippen molar-refractivity contribution in [3.63, 3.8) is 0 Å². The summed E-state index contributed by atoms with van der Waals surface area (Å²) in [6, 6.07) is 5.52. The van der Waals surface area contributed by atoms with Gasteiger partial charge in [-0.2, -0.15) is 0 Å². The van der Waals surface area contributed by atoms with Crippen LogP contribution in [0.5, 0.6) is 0 Å². The molecule has 0 spiro atoms. The van der Waals surface area contributed by atoms with Crippen molar-refractivity contribution in [1.82, 2.24) is 4.98 Å². The summed E-state index contributed by atoms with van der Waals surface area (Å²) >= 11 is 5.79. The minimum atomic E-state index is 0.146. The van der Waals surface area contributed by atoms with E-state index in [0.717, 1.165) is 25.2 Å². The minimum Gasteiger partial charge on any atom is -0.396 e. The summed E-state index contributed by atoms with van der Waals surface area (Å²) in [4.78, 5) is 4.16. The largest absolute Gasteiger partial charge is 0.396 e. The molecule has 0 aliphatic carbocycles. The number of aromatic nitrogens is 1. The van der Waals surface area contributed by atoms with Gasteiger partial charge in [0.25, 0.3) is 0 Å². The van der Waals surface area contributed by atoms with Gasteiger partial charge in [-0.05, 0) is 30.4 Å². The monoisotopic (exact) mass is 242 g/mol. The Balaban J connectivity index is 2.44. The molecular formula is C12H19ClN2O. The third-order valence-electron chi connectivity index (χ3n) is 2.47. The van der Waals surface area contributed by atoms with Crippen molar-refractivity contribution >= 4 is 17.4 Å². The van der Waals surface area contributed by atoms with Crippen LogP contribution in [0, 0.1) is 5.41 Å². The number of anilines is 1. The Hall–Kier alpha value is -0.800. The van der Waals surface area contributed by atoms with Crippen molar-refractivity contribution in [2.24, 2.45) is 5.41 Å². The van der Waals surface area contributed by atoms with E-state index >= 15 is 0 Å². The van der Waals surface area contributed by atoms with E-state index in [1.165, 1.54) is 0 Å². The summed E-state index contributed by atoms with van der Waals surface area (Å²) in [5.41, 5.74) is 0.146. The third kappa shape index (κ3) is 4.81. The molecule has 1 aromatic heterocycles. The summed E-state index contributed by atoms with van der Waals surface area (Å²) in [5.74, 6) is 0.796.